The van der Waals surface area contributed by atoms with Crippen molar-refractivity contribution >= 4 is 6.08 Å². The number of methoxy groups -OCH3 is 1. The van der Waals surface area contributed by atoms with Gasteiger partial charge in [0.15, 0.2) is 0 Å². The van der Waals surface area contributed by atoms with E-state index in [1.54, 1.807) is 13.3 Å². The molecule has 0 radical (unpaired) electrons. The number of benzene rings is 1. The Morgan fingerprint density at radius 2 is 2.21 bits per heavy atom. The lowest BCUT2D eigenvalue weighted by Gasteiger charge is -2.07. The zero-order chi connectivity index (χ0) is 13.2. The quantitative estimate of drug-likeness (QED) is 0.894. The second-order valence-electron chi connectivity index (χ2n) is 4.62. The van der Waals surface area contributed by atoms with Crippen LogP contribution < -0.4 is 4.74 Å². The normalized spacial score (nSPS) is 19.5. The molecule has 96 valence electrons. The van der Waals surface area contributed by atoms with Gasteiger partial charge in [-0.25, -0.2) is 0 Å². The Balaban J connectivity index is 1.95. The maximum Gasteiger partial charge on any atom is 0.119 e. The van der Waals surface area contributed by atoms with Crippen molar-refractivity contribution in [2.45, 2.75) is 12.5 Å². The number of aromatic nitrogens is 1. The van der Waals surface area contributed by atoms with Crippen LogP contribution in [0.25, 0.3) is 6.08 Å². The van der Waals surface area contributed by atoms with Gasteiger partial charge in [0.05, 0.1) is 12.8 Å². The Hall–Kier alpha value is -2.13. The number of hydrogen-bond donors (Lipinski definition) is 1. The fourth-order valence-corrected chi connectivity index (χ4v) is 2.41. The molecule has 1 aromatic carbocycles. The highest BCUT2D eigenvalue weighted by Crippen LogP contribution is 2.38. The number of ether oxygens (including phenoxy) is 1. The molecule has 1 unspecified atom stereocenters. The lowest BCUT2D eigenvalue weighted by atomic mass is 10.1. The van der Waals surface area contributed by atoms with Gasteiger partial charge in [0.1, 0.15) is 11.9 Å². The largest absolute Gasteiger partial charge is 0.497 e. The van der Waals surface area contributed by atoms with Crippen molar-refractivity contribution < 1.29 is 9.84 Å². The molecule has 3 nitrogen and oxygen atoms in total. The highest BCUT2D eigenvalue weighted by molar-refractivity contribution is 5.58. The van der Waals surface area contributed by atoms with Gasteiger partial charge in [0.2, 0.25) is 0 Å². The van der Waals surface area contributed by atoms with E-state index in [0.717, 1.165) is 34.6 Å². The van der Waals surface area contributed by atoms with Gasteiger partial charge in [-0.2, -0.15) is 0 Å². The predicted molar refractivity (Wildman–Crippen MR) is 73.9 cm³/mol. The molecule has 0 fully saturated rings. The molecule has 1 atom stereocenters. The number of pyridine rings is 1. The molecule has 19 heavy (non-hydrogen) atoms. The summed E-state index contributed by atoms with van der Waals surface area (Å²) in [6.07, 6.45) is 3.91. The molecular weight excluding hydrogens is 238 g/mol. The van der Waals surface area contributed by atoms with Crippen molar-refractivity contribution in [1.82, 2.24) is 4.98 Å². The minimum absolute atomic E-state index is 0.563. The Morgan fingerprint density at radius 3 is 2.95 bits per heavy atom. The molecule has 1 heterocycles. The van der Waals surface area contributed by atoms with E-state index in [4.69, 9.17) is 4.74 Å². The van der Waals surface area contributed by atoms with Crippen molar-refractivity contribution in [3.05, 3.63) is 65.0 Å². The van der Waals surface area contributed by atoms with Crippen LogP contribution in [0.15, 0.2) is 48.2 Å². The zero-order valence-electron chi connectivity index (χ0n) is 10.7. The van der Waals surface area contributed by atoms with Gasteiger partial charge in [0, 0.05) is 6.20 Å². The Labute approximate surface area is 112 Å². The number of aliphatic hydroxyl groups is 1. The van der Waals surface area contributed by atoms with Crippen molar-refractivity contribution in [3.8, 4) is 5.75 Å². The van der Waals surface area contributed by atoms with Crippen LogP contribution in [0.5, 0.6) is 5.75 Å². The van der Waals surface area contributed by atoms with E-state index in [1.807, 2.05) is 42.5 Å². The maximum atomic E-state index is 10.4. The first kappa shape index (κ1) is 11.9. The van der Waals surface area contributed by atoms with Crippen LogP contribution in [-0.4, -0.2) is 17.2 Å². The minimum atomic E-state index is -0.563. The maximum absolute atomic E-state index is 10.4. The van der Waals surface area contributed by atoms with E-state index in [2.05, 4.69) is 4.98 Å². The fraction of sp³-hybridized carbons (Fsp3) is 0.188. The summed E-state index contributed by atoms with van der Waals surface area (Å²) in [4.78, 5) is 4.26. The van der Waals surface area contributed by atoms with Crippen LogP contribution in [0.4, 0.5) is 0 Å². The third kappa shape index (κ3) is 2.25. The van der Waals surface area contributed by atoms with Gasteiger partial charge in [0.25, 0.3) is 0 Å². The minimum Gasteiger partial charge on any atom is -0.497 e. The summed E-state index contributed by atoms with van der Waals surface area (Å²) < 4.78 is 5.20. The molecule has 1 aliphatic rings. The van der Waals surface area contributed by atoms with Gasteiger partial charge < -0.3 is 9.84 Å². The highest BCUT2D eigenvalue weighted by Gasteiger charge is 2.25. The molecule has 0 amide bonds. The van der Waals surface area contributed by atoms with Crippen LogP contribution in [-0.2, 0) is 6.42 Å². The number of nitrogens with zero attached hydrogens (tertiary/aromatic N) is 1. The fourth-order valence-electron chi connectivity index (χ4n) is 2.41. The topological polar surface area (TPSA) is 42.4 Å². The van der Waals surface area contributed by atoms with Crippen molar-refractivity contribution in [3.63, 3.8) is 0 Å². The summed E-state index contributed by atoms with van der Waals surface area (Å²) >= 11 is 0. The molecule has 1 N–H and O–H groups in total. The van der Waals surface area contributed by atoms with E-state index < -0.39 is 6.10 Å². The molecule has 0 saturated heterocycles. The smallest absolute Gasteiger partial charge is 0.119 e. The third-order valence-corrected chi connectivity index (χ3v) is 3.41. The van der Waals surface area contributed by atoms with E-state index in [9.17, 15) is 5.11 Å². The average Bonchev–Trinajstić information content (AvgIpc) is 2.76. The predicted octanol–water partition coefficient (Wildman–Crippen LogP) is 2.76. The summed E-state index contributed by atoms with van der Waals surface area (Å²) in [6.45, 7) is 0. The summed E-state index contributed by atoms with van der Waals surface area (Å²) in [5, 5.41) is 10.4. The first-order valence-corrected chi connectivity index (χ1v) is 6.24. The zero-order valence-corrected chi connectivity index (χ0v) is 10.7. The van der Waals surface area contributed by atoms with Gasteiger partial charge in [-0.3, -0.25) is 4.98 Å². The highest BCUT2D eigenvalue weighted by atomic mass is 16.5. The molecule has 0 aliphatic heterocycles. The second-order valence-corrected chi connectivity index (χ2v) is 4.62. The molecule has 0 saturated carbocycles. The number of fused-ring (bicyclic) bond motifs is 1. The molecule has 0 spiro atoms. The molecule has 3 heteroatoms. The SMILES string of the molecule is COc1ccc2c(c1)C(O)/C(=C/c1ccccn1)C2. The molecule has 1 aromatic heterocycles. The van der Waals surface area contributed by atoms with Gasteiger partial charge in [-0.1, -0.05) is 12.1 Å². The van der Waals surface area contributed by atoms with E-state index >= 15 is 0 Å². The van der Waals surface area contributed by atoms with E-state index in [1.165, 1.54) is 0 Å². The Bertz CT molecular complexity index is 620. The summed E-state index contributed by atoms with van der Waals surface area (Å²) in [7, 11) is 1.63. The third-order valence-electron chi connectivity index (χ3n) is 3.41. The summed E-state index contributed by atoms with van der Waals surface area (Å²) in [6, 6.07) is 11.6. The van der Waals surface area contributed by atoms with Gasteiger partial charge >= 0.3 is 0 Å². The summed E-state index contributed by atoms with van der Waals surface area (Å²) in [5.74, 6) is 0.775. The van der Waals surface area contributed by atoms with Crippen LogP contribution in [0.1, 0.15) is 22.9 Å². The van der Waals surface area contributed by atoms with E-state index in [-0.39, 0.29) is 0 Å². The number of hydrogen-bond acceptors (Lipinski definition) is 3. The van der Waals surface area contributed by atoms with Gasteiger partial charge in [-0.15, -0.1) is 0 Å². The van der Waals surface area contributed by atoms with Crippen molar-refractivity contribution in [1.29, 1.82) is 0 Å². The first-order valence-electron chi connectivity index (χ1n) is 6.24. The molecule has 3 rings (SSSR count). The lowest BCUT2D eigenvalue weighted by Crippen LogP contribution is -1.95. The monoisotopic (exact) mass is 253 g/mol. The number of aliphatic hydroxyl groups excluding tert-OH is 1. The average molecular weight is 253 g/mol. The van der Waals surface area contributed by atoms with Crippen LogP contribution in [0.3, 0.4) is 0 Å². The second kappa shape index (κ2) is 4.86. The van der Waals surface area contributed by atoms with Crippen molar-refractivity contribution in [2.75, 3.05) is 7.11 Å². The number of rotatable bonds is 2. The Kier molecular flexibility index (Phi) is 3.05. The first-order chi connectivity index (χ1) is 9.28. The summed E-state index contributed by atoms with van der Waals surface area (Å²) in [5.41, 5.74) is 3.93. The lowest BCUT2D eigenvalue weighted by molar-refractivity contribution is 0.222. The van der Waals surface area contributed by atoms with Gasteiger partial charge in [-0.05, 0) is 53.5 Å². The van der Waals surface area contributed by atoms with Crippen LogP contribution >= 0.6 is 0 Å². The molecular formula is C16H15NO2. The van der Waals surface area contributed by atoms with E-state index in [0.29, 0.717) is 0 Å². The van der Waals surface area contributed by atoms with Crippen LogP contribution in [0.2, 0.25) is 0 Å². The molecule has 2 aromatic rings. The van der Waals surface area contributed by atoms with Crippen LogP contribution in [0, 0.1) is 0 Å². The molecule has 0 bridgehead atoms. The van der Waals surface area contributed by atoms with Crippen molar-refractivity contribution in [2.24, 2.45) is 0 Å². The standard InChI is InChI=1S/C16H15NO2/c1-19-14-6-5-11-8-12(16(18)15(11)10-14)9-13-4-2-3-7-17-13/h2-7,9-10,16,18H,8H2,1H3/b12-9+. The molecule has 1 aliphatic carbocycles. The Morgan fingerprint density at radius 1 is 1.32 bits per heavy atom.